The van der Waals surface area contributed by atoms with Crippen molar-refractivity contribution < 1.29 is 22.3 Å². The molecule has 2 aromatic heterocycles. The second-order valence-electron chi connectivity index (χ2n) is 8.01. The highest BCUT2D eigenvalue weighted by atomic mass is 32.2. The van der Waals surface area contributed by atoms with E-state index in [2.05, 4.69) is 5.10 Å². The molecule has 0 bridgehead atoms. The lowest BCUT2D eigenvalue weighted by Crippen LogP contribution is -2.11. The molecule has 0 N–H and O–H groups in total. The van der Waals surface area contributed by atoms with Crippen molar-refractivity contribution in [1.82, 2.24) is 13.8 Å². The molecule has 0 amide bonds. The first kappa shape index (κ1) is 22.8. The Balaban J connectivity index is 1.59. The van der Waals surface area contributed by atoms with Gasteiger partial charge in [0.2, 0.25) is 0 Å². The highest BCUT2D eigenvalue weighted by molar-refractivity contribution is 7.90. The molecule has 0 saturated carbocycles. The van der Waals surface area contributed by atoms with Crippen LogP contribution in [0.15, 0.2) is 84.0 Å². The van der Waals surface area contributed by atoms with E-state index < -0.39 is 15.8 Å². The number of ether oxygens (including phenoxy) is 1. The summed E-state index contributed by atoms with van der Waals surface area (Å²) in [7, 11) is -3.94. The minimum atomic E-state index is -3.94. The molecule has 0 spiro atoms. The molecule has 0 aliphatic heterocycles. The van der Waals surface area contributed by atoms with Gasteiger partial charge in [0.15, 0.2) is 0 Å². The van der Waals surface area contributed by atoms with Crippen molar-refractivity contribution in [1.29, 1.82) is 0 Å². The summed E-state index contributed by atoms with van der Waals surface area (Å²) in [4.78, 5) is 11.8. The second-order valence-corrected chi connectivity index (χ2v) is 9.83. The highest BCUT2D eigenvalue weighted by Crippen LogP contribution is 2.35. The number of rotatable bonds is 7. The zero-order chi connectivity index (χ0) is 24.6. The smallest absolute Gasteiger partial charge is 0.307 e. The van der Waals surface area contributed by atoms with E-state index in [1.54, 1.807) is 42.1 Å². The standard InChI is InChI=1S/C26H22FN3O4S/c1-2-34-26(31)12-13-29-24-11-8-18(14-19(24)16-28-29)23-17-30(25-15-20(27)9-10-22(23)25)35(32,33)21-6-4-3-5-7-21/h3-11,14-17H,2,12-13H2,1H3. The van der Waals surface area contributed by atoms with Crippen LogP contribution in [0.3, 0.4) is 0 Å². The summed E-state index contributed by atoms with van der Waals surface area (Å²) in [5.74, 6) is -0.808. The van der Waals surface area contributed by atoms with Gasteiger partial charge in [-0.05, 0) is 55.0 Å². The van der Waals surface area contributed by atoms with Gasteiger partial charge < -0.3 is 4.74 Å². The van der Waals surface area contributed by atoms with Gasteiger partial charge in [0, 0.05) is 22.5 Å². The number of carbonyl (C=O) groups excluding carboxylic acids is 1. The molecule has 2 heterocycles. The van der Waals surface area contributed by atoms with Gasteiger partial charge in [-0.15, -0.1) is 0 Å². The van der Waals surface area contributed by atoms with Gasteiger partial charge in [-0.3, -0.25) is 9.48 Å². The molecule has 35 heavy (non-hydrogen) atoms. The van der Waals surface area contributed by atoms with Crippen molar-refractivity contribution in [3.8, 4) is 11.1 Å². The fraction of sp³-hybridized carbons (Fsp3) is 0.154. The van der Waals surface area contributed by atoms with E-state index in [1.807, 2.05) is 18.2 Å². The van der Waals surface area contributed by atoms with Crippen LogP contribution in [0.25, 0.3) is 32.9 Å². The largest absolute Gasteiger partial charge is 0.466 e. The van der Waals surface area contributed by atoms with Gasteiger partial charge in [0.1, 0.15) is 5.82 Å². The number of aryl methyl sites for hydroxylation is 1. The first-order valence-electron chi connectivity index (χ1n) is 11.1. The maximum absolute atomic E-state index is 14.2. The predicted molar refractivity (Wildman–Crippen MR) is 131 cm³/mol. The maximum Gasteiger partial charge on any atom is 0.307 e. The summed E-state index contributed by atoms with van der Waals surface area (Å²) < 4.78 is 48.8. The van der Waals surface area contributed by atoms with Crippen LogP contribution in [0.5, 0.6) is 0 Å². The van der Waals surface area contributed by atoms with E-state index in [0.29, 0.717) is 24.1 Å². The average molecular weight is 492 g/mol. The molecule has 0 unspecified atom stereocenters. The fourth-order valence-corrected chi connectivity index (χ4v) is 5.55. The molecular weight excluding hydrogens is 469 g/mol. The average Bonchev–Trinajstić information content (AvgIpc) is 3.44. The van der Waals surface area contributed by atoms with E-state index in [4.69, 9.17) is 4.74 Å². The summed E-state index contributed by atoms with van der Waals surface area (Å²) in [6, 6.07) is 17.8. The number of nitrogens with zero attached hydrogens (tertiary/aromatic N) is 3. The Morgan fingerprint density at radius 2 is 1.83 bits per heavy atom. The van der Waals surface area contributed by atoms with E-state index in [0.717, 1.165) is 20.4 Å². The van der Waals surface area contributed by atoms with Crippen LogP contribution in [0.2, 0.25) is 0 Å². The summed E-state index contributed by atoms with van der Waals surface area (Å²) in [5, 5.41) is 5.82. The van der Waals surface area contributed by atoms with Crippen LogP contribution in [-0.2, 0) is 26.1 Å². The molecule has 0 aliphatic carbocycles. The van der Waals surface area contributed by atoms with Gasteiger partial charge >= 0.3 is 5.97 Å². The lowest BCUT2D eigenvalue weighted by Gasteiger charge is -2.07. The van der Waals surface area contributed by atoms with Gasteiger partial charge in [-0.25, -0.2) is 16.8 Å². The lowest BCUT2D eigenvalue weighted by molar-refractivity contribution is -0.143. The zero-order valence-corrected chi connectivity index (χ0v) is 19.7. The molecular formula is C26H22FN3O4S. The quantitative estimate of drug-likeness (QED) is 0.300. The molecule has 5 aromatic rings. The fourth-order valence-electron chi connectivity index (χ4n) is 4.17. The monoisotopic (exact) mass is 491 g/mol. The van der Waals surface area contributed by atoms with Crippen molar-refractivity contribution in [2.45, 2.75) is 24.8 Å². The number of halogens is 1. The van der Waals surface area contributed by atoms with E-state index in [1.165, 1.54) is 30.5 Å². The molecule has 3 aromatic carbocycles. The second kappa shape index (κ2) is 8.99. The SMILES string of the molecule is CCOC(=O)CCn1ncc2cc(-c3cn(S(=O)(=O)c4ccccc4)c4cc(F)ccc34)ccc21. The van der Waals surface area contributed by atoms with Gasteiger partial charge in [-0.1, -0.05) is 24.3 Å². The normalized spacial score (nSPS) is 11.8. The van der Waals surface area contributed by atoms with Crippen LogP contribution in [-0.4, -0.2) is 34.7 Å². The number of aromatic nitrogens is 3. The number of carbonyl (C=O) groups is 1. The summed E-state index contributed by atoms with van der Waals surface area (Å²) >= 11 is 0. The number of hydrogen-bond acceptors (Lipinski definition) is 5. The molecule has 5 rings (SSSR count). The van der Waals surface area contributed by atoms with Gasteiger partial charge in [0.05, 0.1) is 41.7 Å². The Morgan fingerprint density at radius 1 is 1.03 bits per heavy atom. The van der Waals surface area contributed by atoms with Crippen LogP contribution < -0.4 is 0 Å². The summed E-state index contributed by atoms with van der Waals surface area (Å²) in [5.41, 5.74) is 2.51. The molecule has 178 valence electrons. The molecule has 0 fully saturated rings. The van der Waals surface area contributed by atoms with Crippen molar-refractivity contribution >= 4 is 37.8 Å². The third kappa shape index (κ3) is 4.19. The van der Waals surface area contributed by atoms with Crippen LogP contribution in [0.4, 0.5) is 4.39 Å². The summed E-state index contributed by atoms with van der Waals surface area (Å²) in [6.45, 7) is 2.48. The Kier molecular flexibility index (Phi) is 5.86. The molecule has 0 radical (unpaired) electrons. The Bertz CT molecular complexity index is 1660. The van der Waals surface area contributed by atoms with Crippen molar-refractivity contribution in [3.63, 3.8) is 0 Å². The number of esters is 1. The third-order valence-electron chi connectivity index (χ3n) is 5.82. The Labute approximate surface area is 201 Å². The van der Waals surface area contributed by atoms with Crippen molar-refractivity contribution in [3.05, 3.63) is 84.9 Å². The first-order chi connectivity index (χ1) is 16.9. The van der Waals surface area contributed by atoms with E-state index >= 15 is 0 Å². The molecule has 9 heteroatoms. The van der Waals surface area contributed by atoms with Gasteiger partial charge in [-0.2, -0.15) is 5.10 Å². The van der Waals surface area contributed by atoms with Crippen molar-refractivity contribution in [2.75, 3.05) is 6.61 Å². The lowest BCUT2D eigenvalue weighted by atomic mass is 10.0. The van der Waals surface area contributed by atoms with E-state index in [-0.39, 0.29) is 22.8 Å². The number of benzene rings is 3. The van der Waals surface area contributed by atoms with Crippen LogP contribution in [0, 0.1) is 5.82 Å². The van der Waals surface area contributed by atoms with Crippen molar-refractivity contribution in [2.24, 2.45) is 0 Å². The number of hydrogen-bond donors (Lipinski definition) is 0. The van der Waals surface area contributed by atoms with Gasteiger partial charge in [0.25, 0.3) is 10.0 Å². The minimum Gasteiger partial charge on any atom is -0.466 e. The Morgan fingerprint density at radius 3 is 2.60 bits per heavy atom. The number of fused-ring (bicyclic) bond motifs is 2. The predicted octanol–water partition coefficient (Wildman–Crippen LogP) is 4.99. The first-order valence-corrected chi connectivity index (χ1v) is 12.6. The highest BCUT2D eigenvalue weighted by Gasteiger charge is 2.22. The van der Waals surface area contributed by atoms with Crippen LogP contribution >= 0.6 is 0 Å². The zero-order valence-electron chi connectivity index (χ0n) is 18.9. The molecule has 0 saturated heterocycles. The Hall–Kier alpha value is -3.98. The topological polar surface area (TPSA) is 83.2 Å². The van der Waals surface area contributed by atoms with E-state index in [9.17, 15) is 17.6 Å². The third-order valence-corrected chi connectivity index (χ3v) is 7.51. The molecule has 0 atom stereocenters. The summed E-state index contributed by atoms with van der Waals surface area (Å²) in [6.07, 6.45) is 3.44. The van der Waals surface area contributed by atoms with Crippen LogP contribution in [0.1, 0.15) is 13.3 Å². The minimum absolute atomic E-state index is 0.117. The molecule has 0 aliphatic rings. The molecule has 7 nitrogen and oxygen atoms in total. The maximum atomic E-state index is 14.2.